The van der Waals surface area contributed by atoms with E-state index in [1.807, 2.05) is 6.07 Å². The summed E-state index contributed by atoms with van der Waals surface area (Å²) >= 11 is 13.2. The summed E-state index contributed by atoms with van der Waals surface area (Å²) in [6.07, 6.45) is 0. The van der Waals surface area contributed by atoms with E-state index in [2.05, 4.69) is 131 Å². The molecule has 8 rings (SSSR count). The fourth-order valence-corrected chi connectivity index (χ4v) is 7.05. The predicted octanol–water partition coefficient (Wildman–Crippen LogP) is 4.57. The molecule has 0 amide bonds. The third-order valence-electron chi connectivity index (χ3n) is 7.85. The first-order chi connectivity index (χ1) is 28.1. The van der Waals surface area contributed by atoms with Gasteiger partial charge in [0.2, 0.25) is 0 Å². The van der Waals surface area contributed by atoms with Crippen molar-refractivity contribution in [2.45, 2.75) is 0 Å². The molecule has 24 heteroatoms. The molecule has 20 nitrogen and oxygen atoms in total. The molecule has 0 aliphatic carbocycles. The van der Waals surface area contributed by atoms with Crippen LogP contribution in [0.3, 0.4) is 0 Å². The maximum absolute atomic E-state index is 11.5. The lowest BCUT2D eigenvalue weighted by molar-refractivity contribution is -0.532. The molecule has 7 aromatic rings. The Kier molecular flexibility index (Phi) is 14.5. The highest BCUT2D eigenvalue weighted by molar-refractivity contribution is 9.11. The fourth-order valence-electron chi connectivity index (χ4n) is 5.26. The van der Waals surface area contributed by atoms with Gasteiger partial charge in [0, 0.05) is 47.0 Å². The molecule has 1 N–H and O–H groups in total. The second-order valence-electron chi connectivity index (χ2n) is 11.6. The van der Waals surface area contributed by atoms with Gasteiger partial charge in [-0.2, -0.15) is 15.4 Å². The molecule has 4 heterocycles. The van der Waals surface area contributed by atoms with Gasteiger partial charge < -0.3 is 18.9 Å². The van der Waals surface area contributed by atoms with Crippen molar-refractivity contribution in [1.82, 2.24) is 45.4 Å². The molecule has 304 valence electrons. The normalized spacial score (nSPS) is 11.1. The van der Waals surface area contributed by atoms with Crippen LogP contribution in [-0.4, -0.2) is 109 Å². The van der Waals surface area contributed by atoms with Gasteiger partial charge in [-0.05, 0) is 48.5 Å². The Bertz CT molecular complexity index is 2930. The van der Waals surface area contributed by atoms with E-state index in [0.29, 0.717) is 60.6 Å². The van der Waals surface area contributed by atoms with Crippen molar-refractivity contribution < 1.29 is 42.9 Å². The van der Waals surface area contributed by atoms with Crippen molar-refractivity contribution in [2.75, 3.05) is 28.4 Å². The molecule has 1 aliphatic rings. The summed E-state index contributed by atoms with van der Waals surface area (Å²) in [5.41, 5.74) is 5.43. The maximum atomic E-state index is 11.5. The third-order valence-corrected chi connectivity index (χ3v) is 9.68. The quantitative estimate of drug-likeness (QED) is 0.145. The Morgan fingerprint density at radius 2 is 1.08 bits per heavy atom. The summed E-state index contributed by atoms with van der Waals surface area (Å²) in [6.45, 7) is 3.54. The van der Waals surface area contributed by atoms with E-state index >= 15 is 0 Å². The van der Waals surface area contributed by atoms with Crippen molar-refractivity contribution in [1.29, 1.82) is 0 Å². The molecule has 0 saturated heterocycles. The van der Waals surface area contributed by atoms with Crippen molar-refractivity contribution in [3.63, 3.8) is 0 Å². The third kappa shape index (κ3) is 10.1. The zero-order valence-corrected chi connectivity index (χ0v) is 37.9. The summed E-state index contributed by atoms with van der Waals surface area (Å²) in [4.78, 5) is 47.0. The average molecular weight is 1070 g/mol. The Labute approximate surface area is 365 Å². The smallest absolute Gasteiger partial charge is 0.340 e. The van der Waals surface area contributed by atoms with Gasteiger partial charge in [-0.3, -0.25) is 0 Å². The minimum absolute atomic E-state index is 0.372. The van der Waals surface area contributed by atoms with Crippen LogP contribution in [0.2, 0.25) is 0 Å². The van der Waals surface area contributed by atoms with E-state index in [1.165, 1.54) is 33.2 Å². The van der Waals surface area contributed by atoms with E-state index in [-0.39, 0.29) is 0 Å². The van der Waals surface area contributed by atoms with Gasteiger partial charge in [0.25, 0.3) is 0 Å². The van der Waals surface area contributed by atoms with E-state index in [9.17, 15) is 19.2 Å². The zero-order valence-electron chi connectivity index (χ0n) is 31.5. The molecule has 0 saturated carbocycles. The maximum Gasteiger partial charge on any atom is 0.340 e. The molecule has 3 aromatic heterocycles. The van der Waals surface area contributed by atoms with Gasteiger partial charge in [-0.25, -0.2) is 28.5 Å². The van der Waals surface area contributed by atoms with Gasteiger partial charge in [-0.1, -0.05) is 74.1 Å². The van der Waals surface area contributed by atoms with Crippen molar-refractivity contribution >= 4 is 127 Å². The Balaban J connectivity index is 0.000000150. The number of halogens is 4. The average Bonchev–Trinajstić information content (AvgIpc) is 4.02. The minimum atomic E-state index is -0.443. The number of nitrogens with zero attached hydrogens (tertiary/aromatic N) is 11. The summed E-state index contributed by atoms with van der Waals surface area (Å²) in [6, 6.07) is 13.8. The number of H-pyrrole nitrogens is 1. The first-order valence-corrected chi connectivity index (χ1v) is 19.5. The van der Waals surface area contributed by atoms with Crippen LogP contribution in [0.1, 0.15) is 41.4 Å². The largest absolute Gasteiger partial charge is 0.465 e. The molecule has 0 radical (unpaired) electrons. The molecule has 4 aromatic carbocycles. The number of aromatic nitrogens is 9. The van der Waals surface area contributed by atoms with Crippen LogP contribution < -0.4 is 10.7 Å². The Morgan fingerprint density at radius 3 is 1.71 bits per heavy atom. The highest BCUT2D eigenvalue weighted by Crippen LogP contribution is 2.24. The number of esters is 4. The number of nitrogens with one attached hydrogen (secondary N) is 1. The second kappa shape index (κ2) is 19.3. The number of aromatic amines is 1. The van der Waals surface area contributed by atoms with Gasteiger partial charge in [0.05, 0.1) is 56.2 Å². The highest BCUT2D eigenvalue weighted by atomic mass is 79.9. The first-order valence-electron chi connectivity index (χ1n) is 16.3. The Morgan fingerprint density at radius 1 is 0.593 bits per heavy atom. The molecular formula is C35H29Br4N12O8+. The number of benzene rings is 4. The first kappa shape index (κ1) is 44.3. The predicted molar refractivity (Wildman–Crippen MR) is 223 cm³/mol. The molecule has 0 bridgehead atoms. The lowest BCUT2D eigenvalue weighted by atomic mass is 10.2. The zero-order chi connectivity index (χ0) is 43.1. The number of aryl methyl sites for hydroxylation is 2. The highest BCUT2D eigenvalue weighted by Gasteiger charge is 2.20. The summed E-state index contributed by atoms with van der Waals surface area (Å²) < 4.78 is 24.9. The van der Waals surface area contributed by atoms with Gasteiger partial charge >= 0.3 is 23.9 Å². The van der Waals surface area contributed by atoms with Crippen LogP contribution in [0.25, 0.3) is 33.1 Å². The van der Waals surface area contributed by atoms with Crippen LogP contribution >= 0.6 is 63.7 Å². The summed E-state index contributed by atoms with van der Waals surface area (Å²) in [5, 5.41) is 34.9. The molecule has 0 spiro atoms. The molecule has 0 atom stereocenters. The summed E-state index contributed by atoms with van der Waals surface area (Å²) in [7, 11) is 8.83. The number of hydrogen-bond acceptors (Lipinski definition) is 16. The van der Waals surface area contributed by atoms with Gasteiger partial charge in [-0.15, -0.1) is 10.2 Å². The van der Waals surface area contributed by atoms with Crippen LogP contribution in [0.15, 0.2) is 76.6 Å². The van der Waals surface area contributed by atoms with Crippen LogP contribution in [0.5, 0.6) is 0 Å². The number of rotatable bonds is 4. The molecule has 0 unspecified atom stereocenters. The monoisotopic (exact) mass is 1060 g/mol. The fraction of sp³-hybridized carbons (Fsp3) is 0.171. The van der Waals surface area contributed by atoms with Crippen molar-refractivity contribution in [3.8, 4) is 0 Å². The molecule has 59 heavy (non-hydrogen) atoms. The number of carbonyl (C=O) groups is 4. The SMILES string of the molecule is C=[N+]1N=c2cc(Br)cc(C(=O)OC)c2=N1.COC(=O)c1cc(Br)cc2c1nnn2C.COC(=O)c1cc(Br)cc2n[nH]nc12.COC(=O)c1cc(Br)cc2nnn(C)c12. The molecular weight excluding hydrogens is 1040 g/mol. The topological polar surface area (TPSA) is 236 Å². The van der Waals surface area contributed by atoms with E-state index in [4.69, 9.17) is 4.74 Å². The summed E-state index contributed by atoms with van der Waals surface area (Å²) in [5.74, 6) is -1.68. The van der Waals surface area contributed by atoms with Crippen molar-refractivity contribution in [2.24, 2.45) is 24.3 Å². The van der Waals surface area contributed by atoms with E-state index in [0.717, 1.165) is 23.4 Å². The number of carbonyl (C=O) groups excluding carboxylic acids is 4. The van der Waals surface area contributed by atoms with Crippen molar-refractivity contribution in [3.05, 3.63) is 99.4 Å². The minimum Gasteiger partial charge on any atom is -0.465 e. The lowest BCUT2D eigenvalue weighted by Gasteiger charge is -2.02. The van der Waals surface area contributed by atoms with Crippen LogP contribution in [0.4, 0.5) is 0 Å². The number of hydrogen-bond donors (Lipinski definition) is 1. The standard InChI is InChI=1S/2C9H8BrN3O2.C9H7BrN3O2.C8H6BrN3O2/c1-13-7-4-5(10)3-6(9(14)15-2)8(7)11-12-13;1-13-8-6(9(14)15-2)3-5(10)4-7(8)11-12-13;1-13-11-7-4-5(10)3-6(8(7)12-13)9(14)15-2;1-14-8(13)5-2-4(9)3-6-7(5)11-12-10-6/h2*3-4H,1-2H3;3-4H,1H2,2H3;2-3H,1H3,(H,10,11,12)/q;;+1;. The number of ether oxygens (including phenoxy) is 4. The second-order valence-corrected chi connectivity index (χ2v) is 15.2. The molecule has 1 aliphatic heterocycles. The van der Waals surface area contributed by atoms with Crippen LogP contribution in [0, 0.1) is 0 Å². The lowest BCUT2D eigenvalue weighted by Crippen LogP contribution is -2.29. The van der Waals surface area contributed by atoms with E-state index < -0.39 is 23.9 Å². The number of fused-ring (bicyclic) bond motifs is 4. The van der Waals surface area contributed by atoms with Gasteiger partial charge in [0.15, 0.2) is 17.4 Å². The Hall–Kier alpha value is -5.85. The molecule has 0 fully saturated rings. The number of methoxy groups -OCH3 is 4. The van der Waals surface area contributed by atoms with Crippen LogP contribution in [-0.2, 0) is 33.0 Å². The van der Waals surface area contributed by atoms with E-state index in [1.54, 1.807) is 65.9 Å². The van der Waals surface area contributed by atoms with Gasteiger partial charge in [0.1, 0.15) is 27.6 Å².